The fraction of sp³-hybridized carbons (Fsp3) is 0.611. The predicted molar refractivity (Wildman–Crippen MR) is 84.1 cm³/mol. The van der Waals surface area contributed by atoms with Crippen LogP contribution in [0.15, 0.2) is 24.3 Å². The molecule has 0 bridgehead atoms. The van der Waals surface area contributed by atoms with Crippen molar-refractivity contribution in [1.82, 2.24) is 0 Å². The Morgan fingerprint density at radius 2 is 1.60 bits per heavy atom. The lowest BCUT2D eigenvalue weighted by atomic mass is 10.1. The van der Waals surface area contributed by atoms with Gasteiger partial charge in [0.2, 0.25) is 0 Å². The summed E-state index contributed by atoms with van der Waals surface area (Å²) in [4.78, 5) is 11.8. The van der Waals surface area contributed by atoms with E-state index in [-0.39, 0.29) is 5.97 Å². The monoisotopic (exact) mass is 276 g/mol. The van der Waals surface area contributed by atoms with Crippen LogP contribution in [0.4, 0.5) is 0 Å². The van der Waals surface area contributed by atoms with E-state index in [4.69, 9.17) is 4.74 Å². The van der Waals surface area contributed by atoms with Gasteiger partial charge >= 0.3 is 5.97 Å². The van der Waals surface area contributed by atoms with Gasteiger partial charge in [-0.2, -0.15) is 0 Å². The quantitative estimate of drug-likeness (QED) is 0.329. The molecule has 0 aromatic heterocycles. The molecule has 2 heteroatoms. The molecule has 0 amide bonds. The summed E-state index contributed by atoms with van der Waals surface area (Å²) in [6, 6.07) is 7.78. The molecule has 20 heavy (non-hydrogen) atoms. The number of hydrogen-bond acceptors (Lipinski definition) is 2. The van der Waals surface area contributed by atoms with Gasteiger partial charge in [-0.25, -0.2) is 0 Å². The summed E-state index contributed by atoms with van der Waals surface area (Å²) in [5.41, 5.74) is 1.10. The number of carbonyl (C=O) groups is 1. The molecule has 0 N–H and O–H groups in total. The third kappa shape index (κ3) is 6.74. The van der Waals surface area contributed by atoms with E-state index in [1.807, 2.05) is 24.3 Å². The molecule has 1 aromatic rings. The van der Waals surface area contributed by atoms with Crippen LogP contribution in [0.25, 0.3) is 0 Å². The molecule has 0 unspecified atom stereocenters. The maximum absolute atomic E-state index is 11.8. The Morgan fingerprint density at radius 1 is 0.950 bits per heavy atom. The summed E-state index contributed by atoms with van der Waals surface area (Å²) in [7, 11) is 0. The highest BCUT2D eigenvalue weighted by atomic mass is 16.5. The lowest BCUT2D eigenvalue weighted by Gasteiger charge is -2.08. The molecular weight excluding hydrogens is 248 g/mol. The SMILES string of the molecule is CCCCCCCCCC(=O)Oc1ccccc1CC. The second-order valence-corrected chi connectivity index (χ2v) is 5.31. The number of hydrogen-bond donors (Lipinski definition) is 0. The lowest BCUT2D eigenvalue weighted by molar-refractivity contribution is -0.134. The molecule has 0 radical (unpaired) electrons. The molecule has 0 saturated heterocycles. The average molecular weight is 276 g/mol. The van der Waals surface area contributed by atoms with E-state index in [1.165, 1.54) is 32.1 Å². The van der Waals surface area contributed by atoms with E-state index in [1.54, 1.807) is 0 Å². The summed E-state index contributed by atoms with van der Waals surface area (Å²) in [6.45, 7) is 4.30. The zero-order valence-corrected chi connectivity index (χ0v) is 13.0. The van der Waals surface area contributed by atoms with Crippen LogP contribution in [0.5, 0.6) is 5.75 Å². The molecule has 112 valence electrons. The van der Waals surface area contributed by atoms with Gasteiger partial charge in [-0.05, 0) is 24.5 Å². The first kappa shape index (κ1) is 16.7. The van der Waals surface area contributed by atoms with Crippen LogP contribution in [0.1, 0.15) is 70.8 Å². The van der Waals surface area contributed by atoms with Crippen LogP contribution in [0, 0.1) is 0 Å². The minimum Gasteiger partial charge on any atom is -0.426 e. The smallest absolute Gasteiger partial charge is 0.311 e. The highest BCUT2D eigenvalue weighted by molar-refractivity contribution is 5.72. The molecule has 0 aliphatic heterocycles. The molecule has 1 aromatic carbocycles. The van der Waals surface area contributed by atoms with Crippen LogP contribution in [0.2, 0.25) is 0 Å². The van der Waals surface area contributed by atoms with Crippen molar-refractivity contribution in [2.75, 3.05) is 0 Å². The molecule has 0 atom stereocenters. The largest absolute Gasteiger partial charge is 0.426 e. The van der Waals surface area contributed by atoms with Gasteiger partial charge in [0, 0.05) is 6.42 Å². The number of carbonyl (C=O) groups excluding carboxylic acids is 1. The predicted octanol–water partition coefficient (Wildman–Crippen LogP) is 5.30. The summed E-state index contributed by atoms with van der Waals surface area (Å²) in [5.74, 6) is 0.627. The summed E-state index contributed by atoms with van der Waals surface area (Å²) in [6.07, 6.45) is 9.96. The second-order valence-electron chi connectivity index (χ2n) is 5.31. The number of rotatable bonds is 10. The van der Waals surface area contributed by atoms with Gasteiger partial charge < -0.3 is 4.74 Å². The van der Waals surface area contributed by atoms with Crippen molar-refractivity contribution in [2.24, 2.45) is 0 Å². The molecular formula is C18H28O2. The van der Waals surface area contributed by atoms with Gasteiger partial charge in [-0.15, -0.1) is 0 Å². The van der Waals surface area contributed by atoms with E-state index >= 15 is 0 Å². The first-order chi connectivity index (χ1) is 9.77. The van der Waals surface area contributed by atoms with Crippen molar-refractivity contribution in [1.29, 1.82) is 0 Å². The Balaban J connectivity index is 2.17. The van der Waals surface area contributed by atoms with Crippen molar-refractivity contribution < 1.29 is 9.53 Å². The minimum absolute atomic E-state index is 0.0977. The zero-order chi connectivity index (χ0) is 14.6. The molecule has 0 aliphatic rings. The van der Waals surface area contributed by atoms with E-state index in [9.17, 15) is 4.79 Å². The maximum atomic E-state index is 11.8. The van der Waals surface area contributed by atoms with Crippen LogP contribution in [0.3, 0.4) is 0 Å². The summed E-state index contributed by atoms with van der Waals surface area (Å²) >= 11 is 0. The fourth-order valence-corrected chi connectivity index (χ4v) is 2.30. The lowest BCUT2D eigenvalue weighted by Crippen LogP contribution is -2.08. The highest BCUT2D eigenvalue weighted by Gasteiger charge is 2.07. The Bertz CT molecular complexity index is 385. The Hall–Kier alpha value is -1.31. The highest BCUT2D eigenvalue weighted by Crippen LogP contribution is 2.19. The average Bonchev–Trinajstić information content (AvgIpc) is 2.47. The first-order valence-electron chi connectivity index (χ1n) is 8.06. The molecule has 0 aliphatic carbocycles. The van der Waals surface area contributed by atoms with E-state index in [2.05, 4.69) is 13.8 Å². The number of benzene rings is 1. The maximum Gasteiger partial charge on any atom is 0.311 e. The topological polar surface area (TPSA) is 26.3 Å². The van der Waals surface area contributed by atoms with Gasteiger partial charge in [-0.3, -0.25) is 4.79 Å². The van der Waals surface area contributed by atoms with E-state index < -0.39 is 0 Å². The number of esters is 1. The molecule has 0 saturated carbocycles. The van der Waals surface area contributed by atoms with Crippen LogP contribution < -0.4 is 4.74 Å². The van der Waals surface area contributed by atoms with Crippen molar-refractivity contribution >= 4 is 5.97 Å². The Labute approximate surface area is 123 Å². The van der Waals surface area contributed by atoms with Crippen molar-refractivity contribution in [3.8, 4) is 5.75 Å². The van der Waals surface area contributed by atoms with E-state index in [0.717, 1.165) is 30.6 Å². The van der Waals surface area contributed by atoms with Gasteiger partial charge in [0.25, 0.3) is 0 Å². The van der Waals surface area contributed by atoms with Crippen molar-refractivity contribution in [2.45, 2.75) is 71.6 Å². The van der Waals surface area contributed by atoms with Gasteiger partial charge in [-0.1, -0.05) is 70.6 Å². The van der Waals surface area contributed by atoms with Crippen LogP contribution >= 0.6 is 0 Å². The standard InChI is InChI=1S/C18H28O2/c1-3-5-6-7-8-9-10-15-18(19)20-17-14-12-11-13-16(17)4-2/h11-14H,3-10,15H2,1-2H3. The number of unbranched alkanes of at least 4 members (excludes halogenated alkanes) is 6. The van der Waals surface area contributed by atoms with Crippen molar-refractivity contribution in [3.05, 3.63) is 29.8 Å². The molecule has 2 nitrogen and oxygen atoms in total. The van der Waals surface area contributed by atoms with Crippen LogP contribution in [-0.2, 0) is 11.2 Å². The molecule has 0 fully saturated rings. The molecule has 0 spiro atoms. The zero-order valence-electron chi connectivity index (χ0n) is 13.0. The second kappa shape index (κ2) is 10.5. The summed E-state index contributed by atoms with van der Waals surface area (Å²) < 4.78 is 5.44. The first-order valence-corrected chi connectivity index (χ1v) is 8.06. The Kier molecular flexibility index (Phi) is 8.77. The third-order valence-electron chi connectivity index (χ3n) is 3.56. The number of para-hydroxylation sites is 1. The normalized spacial score (nSPS) is 10.5. The van der Waals surface area contributed by atoms with Gasteiger partial charge in [0.05, 0.1) is 0 Å². The fourth-order valence-electron chi connectivity index (χ4n) is 2.30. The van der Waals surface area contributed by atoms with Crippen LogP contribution in [-0.4, -0.2) is 5.97 Å². The Morgan fingerprint density at radius 3 is 2.30 bits per heavy atom. The summed E-state index contributed by atoms with van der Waals surface area (Å²) in [5, 5.41) is 0. The van der Waals surface area contributed by atoms with Crippen molar-refractivity contribution in [3.63, 3.8) is 0 Å². The molecule has 1 rings (SSSR count). The minimum atomic E-state index is -0.0977. The van der Waals surface area contributed by atoms with Gasteiger partial charge in [0.15, 0.2) is 0 Å². The third-order valence-corrected chi connectivity index (χ3v) is 3.56. The number of aryl methyl sites for hydroxylation is 1. The number of ether oxygens (including phenoxy) is 1. The van der Waals surface area contributed by atoms with E-state index in [0.29, 0.717) is 6.42 Å². The van der Waals surface area contributed by atoms with Gasteiger partial charge in [0.1, 0.15) is 5.75 Å². The molecule has 0 heterocycles.